The van der Waals surface area contributed by atoms with Crippen molar-refractivity contribution in [3.05, 3.63) is 47.5 Å². The average Bonchev–Trinajstić information content (AvgIpc) is 2.42. The van der Waals surface area contributed by atoms with Crippen molar-refractivity contribution < 1.29 is 9.84 Å². The van der Waals surface area contributed by atoms with Crippen LogP contribution in [-0.4, -0.2) is 31.4 Å². The highest BCUT2D eigenvalue weighted by molar-refractivity contribution is 5.26. The van der Waals surface area contributed by atoms with Gasteiger partial charge < -0.3 is 15.2 Å². The summed E-state index contributed by atoms with van der Waals surface area (Å²) < 4.78 is 5.38. The van der Waals surface area contributed by atoms with Crippen molar-refractivity contribution in [3.8, 4) is 0 Å². The zero-order valence-electron chi connectivity index (χ0n) is 12.9. The molecule has 0 aliphatic carbocycles. The van der Waals surface area contributed by atoms with Crippen LogP contribution in [0.3, 0.4) is 0 Å². The number of rotatable bonds is 9. The molecule has 0 aromatic heterocycles. The molecule has 0 saturated heterocycles. The van der Waals surface area contributed by atoms with E-state index in [1.165, 1.54) is 5.56 Å². The van der Waals surface area contributed by atoms with Crippen molar-refractivity contribution in [1.82, 2.24) is 5.32 Å². The van der Waals surface area contributed by atoms with Crippen LogP contribution in [0.5, 0.6) is 0 Å². The molecule has 112 valence electrons. The summed E-state index contributed by atoms with van der Waals surface area (Å²) in [4.78, 5) is 0. The number of hydrogen-bond acceptors (Lipinski definition) is 3. The molecule has 1 atom stereocenters. The Labute approximate surface area is 122 Å². The minimum atomic E-state index is -0.475. The van der Waals surface area contributed by atoms with Gasteiger partial charge in [-0.25, -0.2) is 0 Å². The number of aliphatic hydroxyl groups excluding tert-OH is 1. The lowest BCUT2D eigenvalue weighted by Crippen LogP contribution is -2.25. The van der Waals surface area contributed by atoms with Gasteiger partial charge in [-0.1, -0.05) is 50.3 Å². The number of aliphatic hydroxyl groups is 1. The van der Waals surface area contributed by atoms with Crippen molar-refractivity contribution in [2.45, 2.75) is 32.8 Å². The minimum Gasteiger partial charge on any atom is -0.387 e. The van der Waals surface area contributed by atoms with Gasteiger partial charge in [0.2, 0.25) is 0 Å². The highest BCUT2D eigenvalue weighted by Gasteiger charge is 2.07. The maximum absolute atomic E-state index is 10.1. The molecule has 0 aliphatic heterocycles. The molecule has 1 aromatic rings. The molecule has 0 fully saturated rings. The minimum absolute atomic E-state index is 0.475. The molecule has 3 nitrogen and oxygen atoms in total. The molecule has 3 heteroatoms. The lowest BCUT2D eigenvalue weighted by Gasteiger charge is -2.14. The van der Waals surface area contributed by atoms with E-state index in [1.807, 2.05) is 19.1 Å². The topological polar surface area (TPSA) is 41.5 Å². The van der Waals surface area contributed by atoms with Gasteiger partial charge in [0.1, 0.15) is 0 Å². The van der Waals surface area contributed by atoms with Crippen LogP contribution < -0.4 is 5.32 Å². The van der Waals surface area contributed by atoms with E-state index in [0.29, 0.717) is 25.7 Å². The maximum atomic E-state index is 10.1. The summed E-state index contributed by atoms with van der Waals surface area (Å²) in [6.07, 6.45) is -0.475. The summed E-state index contributed by atoms with van der Waals surface area (Å²) in [7, 11) is 0. The third-order valence-corrected chi connectivity index (χ3v) is 3.10. The number of ether oxygens (including phenoxy) is 1. The molecular weight excluding hydrogens is 250 g/mol. The number of nitrogens with one attached hydrogen (secondary N) is 1. The van der Waals surface area contributed by atoms with Crippen molar-refractivity contribution in [2.75, 3.05) is 26.3 Å². The smallest absolute Gasteiger partial charge is 0.0914 e. The van der Waals surface area contributed by atoms with E-state index in [4.69, 9.17) is 4.74 Å². The van der Waals surface area contributed by atoms with E-state index in [0.717, 1.165) is 17.7 Å². The fourth-order valence-corrected chi connectivity index (χ4v) is 1.85. The summed E-state index contributed by atoms with van der Waals surface area (Å²) in [5, 5.41) is 13.3. The van der Waals surface area contributed by atoms with Crippen LogP contribution in [0.1, 0.15) is 43.9 Å². The van der Waals surface area contributed by atoms with Crippen LogP contribution in [0.15, 0.2) is 36.4 Å². The molecule has 0 spiro atoms. The quantitative estimate of drug-likeness (QED) is 0.538. The van der Waals surface area contributed by atoms with Crippen LogP contribution in [0.2, 0.25) is 0 Å². The van der Waals surface area contributed by atoms with E-state index in [2.05, 4.69) is 37.9 Å². The highest BCUT2D eigenvalue weighted by atomic mass is 16.5. The Morgan fingerprint density at radius 2 is 1.85 bits per heavy atom. The van der Waals surface area contributed by atoms with Gasteiger partial charge in [-0.2, -0.15) is 0 Å². The first-order valence-electron chi connectivity index (χ1n) is 7.21. The molecule has 1 aromatic carbocycles. The van der Waals surface area contributed by atoms with Gasteiger partial charge in [0.05, 0.1) is 19.3 Å². The molecule has 0 amide bonds. The zero-order chi connectivity index (χ0) is 15.0. The first kappa shape index (κ1) is 16.9. The average molecular weight is 277 g/mol. The summed E-state index contributed by atoms with van der Waals surface area (Å²) in [5.41, 5.74) is 3.27. The fourth-order valence-electron chi connectivity index (χ4n) is 1.85. The molecule has 20 heavy (non-hydrogen) atoms. The normalized spacial score (nSPS) is 12.7. The second kappa shape index (κ2) is 8.90. The van der Waals surface area contributed by atoms with Gasteiger partial charge in [0.25, 0.3) is 0 Å². The van der Waals surface area contributed by atoms with Gasteiger partial charge in [0, 0.05) is 13.1 Å². The molecular formula is C17H27NO2. The van der Waals surface area contributed by atoms with Gasteiger partial charge in [-0.05, 0) is 24.0 Å². The fraction of sp³-hybridized carbons (Fsp3) is 0.529. The summed E-state index contributed by atoms with van der Waals surface area (Å²) in [6, 6.07) is 8.16. The predicted octanol–water partition coefficient (Wildman–Crippen LogP) is 3.03. The van der Waals surface area contributed by atoms with Crippen LogP contribution in [0.25, 0.3) is 0 Å². The third-order valence-electron chi connectivity index (χ3n) is 3.10. The van der Waals surface area contributed by atoms with E-state index in [9.17, 15) is 5.11 Å². The van der Waals surface area contributed by atoms with Crippen LogP contribution in [-0.2, 0) is 4.74 Å². The monoisotopic (exact) mass is 277 g/mol. The first-order chi connectivity index (χ1) is 9.50. The van der Waals surface area contributed by atoms with E-state index < -0.39 is 6.10 Å². The maximum Gasteiger partial charge on any atom is 0.0914 e. The Morgan fingerprint density at radius 1 is 1.25 bits per heavy atom. The summed E-state index contributed by atoms with van der Waals surface area (Å²) in [5.74, 6) is 0.518. The highest BCUT2D eigenvalue weighted by Crippen LogP contribution is 2.18. The number of hydrogen-bond donors (Lipinski definition) is 2. The molecule has 0 heterocycles. The van der Waals surface area contributed by atoms with Gasteiger partial charge >= 0.3 is 0 Å². The SMILES string of the molecule is C=C(C)COCCNCC(O)c1ccc(C(C)C)cc1. The Balaban J connectivity index is 2.25. The Hall–Kier alpha value is -1.16. The second-order valence-electron chi connectivity index (χ2n) is 5.55. The van der Waals surface area contributed by atoms with Crippen molar-refractivity contribution in [2.24, 2.45) is 0 Å². The Kier molecular flexibility index (Phi) is 7.52. The van der Waals surface area contributed by atoms with Gasteiger partial charge in [0.15, 0.2) is 0 Å². The van der Waals surface area contributed by atoms with Crippen LogP contribution in [0.4, 0.5) is 0 Å². The van der Waals surface area contributed by atoms with E-state index in [1.54, 1.807) is 0 Å². The van der Waals surface area contributed by atoms with Crippen molar-refractivity contribution in [1.29, 1.82) is 0 Å². The lowest BCUT2D eigenvalue weighted by molar-refractivity contribution is 0.143. The third kappa shape index (κ3) is 6.33. The number of benzene rings is 1. The van der Waals surface area contributed by atoms with E-state index in [-0.39, 0.29) is 0 Å². The van der Waals surface area contributed by atoms with Crippen LogP contribution >= 0.6 is 0 Å². The molecule has 0 radical (unpaired) electrons. The molecule has 2 N–H and O–H groups in total. The van der Waals surface area contributed by atoms with Crippen LogP contribution in [0, 0.1) is 0 Å². The first-order valence-corrected chi connectivity index (χ1v) is 7.21. The molecule has 1 unspecified atom stereocenters. The Morgan fingerprint density at radius 3 is 2.40 bits per heavy atom. The standard InChI is InChI=1S/C17H27NO2/c1-13(2)12-20-10-9-18-11-17(19)16-7-5-15(6-8-16)14(3)4/h5-8,14,17-19H,1,9-12H2,2-4H3. The zero-order valence-corrected chi connectivity index (χ0v) is 12.9. The van der Waals surface area contributed by atoms with Crippen molar-refractivity contribution in [3.63, 3.8) is 0 Å². The van der Waals surface area contributed by atoms with Gasteiger partial charge in [-0.15, -0.1) is 0 Å². The van der Waals surface area contributed by atoms with Crippen molar-refractivity contribution >= 4 is 0 Å². The molecule has 0 bridgehead atoms. The predicted molar refractivity (Wildman–Crippen MR) is 84.0 cm³/mol. The van der Waals surface area contributed by atoms with Gasteiger partial charge in [-0.3, -0.25) is 0 Å². The van der Waals surface area contributed by atoms with E-state index >= 15 is 0 Å². The Bertz CT molecular complexity index is 398. The largest absolute Gasteiger partial charge is 0.387 e. The summed E-state index contributed by atoms with van der Waals surface area (Å²) in [6.45, 7) is 12.5. The molecule has 1 rings (SSSR count). The molecule has 0 aliphatic rings. The lowest BCUT2D eigenvalue weighted by atomic mass is 10.00. The second-order valence-corrected chi connectivity index (χ2v) is 5.55. The summed E-state index contributed by atoms with van der Waals surface area (Å²) >= 11 is 0. The molecule has 0 saturated carbocycles.